The summed E-state index contributed by atoms with van der Waals surface area (Å²) < 4.78 is 5.57. The number of nitrogens with zero attached hydrogens (tertiary/aromatic N) is 1. The number of fused-ring (bicyclic) bond motifs is 4. The van der Waals surface area contributed by atoms with E-state index in [1.807, 2.05) is 36.4 Å². The molecule has 2 aromatic carbocycles. The average molecular weight is 473 g/mol. The van der Waals surface area contributed by atoms with Crippen LogP contribution in [0.15, 0.2) is 48.5 Å². The van der Waals surface area contributed by atoms with Crippen LogP contribution in [-0.4, -0.2) is 53.2 Å². The summed E-state index contributed by atoms with van der Waals surface area (Å²) in [6, 6.07) is 14.2. The van der Waals surface area contributed by atoms with Gasteiger partial charge in [-0.3, -0.25) is 4.79 Å². The Bertz CT molecular complexity index is 1160. The molecule has 1 aliphatic heterocycles. The number of carbonyl (C=O) groups is 3. The van der Waals surface area contributed by atoms with E-state index in [0.717, 1.165) is 41.5 Å². The second kappa shape index (κ2) is 9.46. The number of carboxylic acids is 1. The zero-order valence-corrected chi connectivity index (χ0v) is 19.4. The maximum Gasteiger partial charge on any atom is 0.407 e. The Morgan fingerprint density at radius 3 is 2.37 bits per heavy atom. The molecule has 0 aromatic heterocycles. The van der Waals surface area contributed by atoms with Crippen LogP contribution in [0.5, 0.6) is 0 Å². The van der Waals surface area contributed by atoms with Gasteiger partial charge in [0.1, 0.15) is 18.7 Å². The van der Waals surface area contributed by atoms with Crippen molar-refractivity contribution in [1.82, 2.24) is 10.2 Å². The molecule has 0 bridgehead atoms. The number of likely N-dealkylation sites (tertiary alicyclic amines) is 1. The molecule has 2 N–H and O–H groups in total. The van der Waals surface area contributed by atoms with Crippen molar-refractivity contribution in [2.75, 3.05) is 13.2 Å². The van der Waals surface area contributed by atoms with Gasteiger partial charge in [0.15, 0.2) is 0 Å². The normalized spacial score (nSPS) is 23.1. The lowest BCUT2D eigenvalue weighted by molar-refractivity contribution is -0.150. The van der Waals surface area contributed by atoms with Crippen molar-refractivity contribution in [3.63, 3.8) is 0 Å². The van der Waals surface area contributed by atoms with Gasteiger partial charge >= 0.3 is 12.1 Å². The van der Waals surface area contributed by atoms with E-state index < -0.39 is 30.1 Å². The largest absolute Gasteiger partial charge is 0.480 e. The Balaban J connectivity index is 1.27. The highest BCUT2D eigenvalue weighted by molar-refractivity contribution is 5.90. The molecule has 0 radical (unpaired) electrons. The van der Waals surface area contributed by atoms with Gasteiger partial charge in [-0.25, -0.2) is 9.59 Å². The van der Waals surface area contributed by atoms with Crippen LogP contribution in [0.2, 0.25) is 0 Å². The van der Waals surface area contributed by atoms with E-state index in [1.165, 1.54) is 4.90 Å². The highest BCUT2D eigenvalue weighted by Crippen LogP contribution is 2.45. The minimum Gasteiger partial charge on any atom is -0.480 e. The summed E-state index contributed by atoms with van der Waals surface area (Å²) in [6.45, 7) is 0.496. The van der Waals surface area contributed by atoms with Crippen LogP contribution >= 0.6 is 0 Å². The van der Waals surface area contributed by atoms with E-state index in [0.29, 0.717) is 6.54 Å². The molecule has 0 spiro atoms. The first-order chi connectivity index (χ1) is 17.0. The number of hydrogen-bond donors (Lipinski definition) is 2. The van der Waals surface area contributed by atoms with Crippen LogP contribution in [0.3, 0.4) is 0 Å². The summed E-state index contributed by atoms with van der Waals surface area (Å²) in [5.74, 6) is 0.994. The highest BCUT2D eigenvalue weighted by atomic mass is 16.5. The van der Waals surface area contributed by atoms with Crippen LogP contribution < -0.4 is 5.32 Å². The molecule has 7 nitrogen and oxygen atoms in total. The number of carbonyl (C=O) groups excluding carboxylic acids is 2. The molecule has 2 aliphatic carbocycles. The van der Waals surface area contributed by atoms with Crippen molar-refractivity contribution in [2.24, 2.45) is 11.8 Å². The van der Waals surface area contributed by atoms with Crippen molar-refractivity contribution in [3.05, 3.63) is 59.7 Å². The molecule has 7 heteroatoms. The molecule has 2 fully saturated rings. The van der Waals surface area contributed by atoms with Gasteiger partial charge in [0, 0.05) is 18.9 Å². The molecule has 35 heavy (non-hydrogen) atoms. The third-order valence-electron chi connectivity index (χ3n) is 7.68. The number of amides is 2. The number of carboxylic acid groups (broad SMARTS) is 1. The van der Waals surface area contributed by atoms with Crippen LogP contribution in [0, 0.1) is 24.2 Å². The van der Waals surface area contributed by atoms with Crippen LogP contribution in [0.4, 0.5) is 4.79 Å². The lowest BCUT2D eigenvalue weighted by Crippen LogP contribution is -2.52. The molecule has 1 saturated heterocycles. The van der Waals surface area contributed by atoms with E-state index in [-0.39, 0.29) is 30.8 Å². The second-order valence-electron chi connectivity index (χ2n) is 9.56. The van der Waals surface area contributed by atoms with E-state index in [2.05, 4.69) is 23.4 Å². The zero-order valence-electron chi connectivity index (χ0n) is 19.4. The van der Waals surface area contributed by atoms with E-state index in [4.69, 9.17) is 11.2 Å². The summed E-state index contributed by atoms with van der Waals surface area (Å²) in [7, 11) is 0. The molecular formula is C28H28N2O5. The third-order valence-corrected chi connectivity index (χ3v) is 7.68. The Hall–Kier alpha value is -3.79. The molecule has 2 amide bonds. The van der Waals surface area contributed by atoms with Crippen molar-refractivity contribution in [2.45, 2.75) is 43.7 Å². The summed E-state index contributed by atoms with van der Waals surface area (Å²) in [4.78, 5) is 39.4. The first-order valence-electron chi connectivity index (χ1n) is 12.1. The van der Waals surface area contributed by atoms with Crippen molar-refractivity contribution >= 4 is 18.0 Å². The fourth-order valence-electron chi connectivity index (χ4n) is 6.15. The first kappa shape index (κ1) is 23.0. The van der Waals surface area contributed by atoms with Crippen LogP contribution in [0.25, 0.3) is 11.1 Å². The standard InChI is InChI=1S/C28H28N2O5/c1-2-8-24(26(31)30-15-17-9-7-14-18(17)25(30)27(32)33)29-28(34)35-16-23-21-12-5-3-10-19(21)20-11-4-6-13-22(20)23/h1,3-6,10-13,17-18,23-25H,7-9,14-16H2,(H,29,34)(H,32,33). The lowest BCUT2D eigenvalue weighted by Gasteiger charge is -2.28. The maximum absolute atomic E-state index is 13.3. The minimum atomic E-state index is -1.03. The van der Waals surface area contributed by atoms with Gasteiger partial charge in [-0.05, 0) is 46.9 Å². The lowest BCUT2D eigenvalue weighted by atomic mass is 9.94. The maximum atomic E-state index is 13.3. The number of aliphatic carboxylic acids is 1. The van der Waals surface area contributed by atoms with Gasteiger partial charge in [0.05, 0.1) is 0 Å². The molecule has 180 valence electrons. The SMILES string of the molecule is C#CCC(NC(=O)OCC1c2ccccc2-c2ccccc21)C(=O)N1CC2CCCC2C1C(=O)O. The molecule has 3 aliphatic rings. The monoisotopic (exact) mass is 472 g/mol. The van der Waals surface area contributed by atoms with Crippen LogP contribution in [-0.2, 0) is 14.3 Å². The number of nitrogens with one attached hydrogen (secondary N) is 1. The molecule has 4 atom stereocenters. The number of terminal acetylenes is 1. The van der Waals surface area contributed by atoms with Gasteiger partial charge < -0.3 is 20.1 Å². The Labute approximate surface area is 204 Å². The summed E-state index contributed by atoms with van der Waals surface area (Å²) in [5, 5.41) is 12.4. The van der Waals surface area contributed by atoms with Gasteiger partial charge in [0.25, 0.3) is 0 Å². The van der Waals surface area contributed by atoms with E-state index in [9.17, 15) is 19.5 Å². The van der Waals surface area contributed by atoms with Gasteiger partial charge in [-0.2, -0.15) is 0 Å². The molecule has 1 saturated carbocycles. The van der Waals surface area contributed by atoms with E-state index in [1.54, 1.807) is 0 Å². The van der Waals surface area contributed by atoms with Crippen molar-refractivity contribution in [1.29, 1.82) is 0 Å². The predicted molar refractivity (Wildman–Crippen MR) is 129 cm³/mol. The zero-order chi connectivity index (χ0) is 24.5. The van der Waals surface area contributed by atoms with Gasteiger partial charge in [0.2, 0.25) is 5.91 Å². The Morgan fingerprint density at radius 1 is 1.09 bits per heavy atom. The molecule has 2 aromatic rings. The number of benzene rings is 2. The summed E-state index contributed by atoms with van der Waals surface area (Å²) in [5.41, 5.74) is 4.42. The Kier molecular flexibility index (Phi) is 6.21. The molecule has 1 heterocycles. The highest BCUT2D eigenvalue weighted by Gasteiger charge is 2.50. The predicted octanol–water partition coefficient (Wildman–Crippen LogP) is 3.63. The third kappa shape index (κ3) is 4.14. The second-order valence-corrected chi connectivity index (χ2v) is 9.56. The average Bonchev–Trinajstić information content (AvgIpc) is 3.53. The number of hydrogen-bond acceptors (Lipinski definition) is 4. The Morgan fingerprint density at radius 2 is 1.74 bits per heavy atom. The van der Waals surface area contributed by atoms with Crippen molar-refractivity contribution in [3.8, 4) is 23.5 Å². The fraction of sp³-hybridized carbons (Fsp3) is 0.393. The smallest absolute Gasteiger partial charge is 0.407 e. The quantitative estimate of drug-likeness (QED) is 0.626. The first-order valence-corrected chi connectivity index (χ1v) is 12.1. The number of rotatable bonds is 6. The summed E-state index contributed by atoms with van der Waals surface area (Å²) >= 11 is 0. The molecular weight excluding hydrogens is 444 g/mol. The fourth-order valence-corrected chi connectivity index (χ4v) is 6.15. The van der Waals surface area contributed by atoms with E-state index >= 15 is 0 Å². The van der Waals surface area contributed by atoms with Crippen LogP contribution in [0.1, 0.15) is 42.7 Å². The van der Waals surface area contributed by atoms with Gasteiger partial charge in [-0.15, -0.1) is 12.3 Å². The minimum absolute atomic E-state index is 0.0405. The summed E-state index contributed by atoms with van der Waals surface area (Å²) in [6.07, 6.45) is 7.38. The topological polar surface area (TPSA) is 95.9 Å². The number of alkyl carbamates (subject to hydrolysis) is 1. The van der Waals surface area contributed by atoms with Gasteiger partial charge in [-0.1, -0.05) is 55.0 Å². The molecule has 5 rings (SSSR count). The number of ether oxygens (including phenoxy) is 1. The van der Waals surface area contributed by atoms with Crippen molar-refractivity contribution < 1.29 is 24.2 Å². The molecule has 4 unspecified atom stereocenters.